The minimum absolute atomic E-state index is 0.152. The number of aryl methyl sites for hydroxylation is 1. The average Bonchev–Trinajstić information content (AvgIpc) is 3.26. The van der Waals surface area contributed by atoms with Crippen LogP contribution < -0.4 is 10.6 Å². The fraction of sp³-hybridized carbons (Fsp3) is 0.516. The van der Waals surface area contributed by atoms with Crippen LogP contribution in [0.15, 0.2) is 54.7 Å². The Morgan fingerprint density at radius 2 is 1.78 bits per heavy atom. The number of unbranched alkanes of at least 4 members (excludes halogenated alkanes) is 2. The van der Waals surface area contributed by atoms with E-state index in [1.54, 1.807) is 0 Å². The van der Waals surface area contributed by atoms with Crippen LogP contribution in [0, 0.1) is 5.82 Å². The summed E-state index contributed by atoms with van der Waals surface area (Å²) in [7, 11) is 0. The highest BCUT2D eigenvalue weighted by molar-refractivity contribution is 5.77. The largest absolute Gasteiger partial charge is 0.386 e. The number of likely N-dealkylation sites (tertiary alicyclic amines) is 1. The summed E-state index contributed by atoms with van der Waals surface area (Å²) in [4.78, 5) is 7.55. The quantitative estimate of drug-likeness (QED) is 0.263. The number of halogens is 1. The molecule has 1 aliphatic heterocycles. The fourth-order valence-electron chi connectivity index (χ4n) is 5.15. The van der Waals surface area contributed by atoms with Gasteiger partial charge in [0, 0.05) is 31.4 Å². The molecule has 1 saturated heterocycles. The van der Waals surface area contributed by atoms with Crippen LogP contribution in [0.2, 0.25) is 0 Å². The van der Waals surface area contributed by atoms with Crippen molar-refractivity contribution in [3.63, 3.8) is 0 Å². The molecular formula is C31H44FN5. The zero-order valence-corrected chi connectivity index (χ0v) is 22.7. The lowest BCUT2D eigenvalue weighted by Gasteiger charge is -2.27. The molecule has 1 fully saturated rings. The van der Waals surface area contributed by atoms with E-state index in [-0.39, 0.29) is 11.9 Å². The number of benzene rings is 2. The van der Waals surface area contributed by atoms with Crippen molar-refractivity contribution in [2.45, 2.75) is 77.9 Å². The fourth-order valence-corrected chi connectivity index (χ4v) is 5.15. The van der Waals surface area contributed by atoms with Crippen LogP contribution in [0.4, 0.5) is 4.39 Å². The maximum atomic E-state index is 13.3. The molecule has 3 aromatic rings. The first-order chi connectivity index (χ1) is 18.0. The molecule has 0 saturated carbocycles. The van der Waals surface area contributed by atoms with Crippen molar-refractivity contribution in [2.24, 2.45) is 0 Å². The smallest absolute Gasteiger partial charge is 0.123 e. The maximum absolute atomic E-state index is 13.3. The van der Waals surface area contributed by atoms with Gasteiger partial charge in [0.2, 0.25) is 0 Å². The molecule has 6 heteroatoms. The van der Waals surface area contributed by atoms with Crippen LogP contribution >= 0.6 is 0 Å². The highest BCUT2D eigenvalue weighted by Crippen LogP contribution is 2.22. The molecule has 2 aromatic carbocycles. The van der Waals surface area contributed by atoms with E-state index in [0.29, 0.717) is 6.54 Å². The molecule has 5 nitrogen and oxygen atoms in total. The van der Waals surface area contributed by atoms with Gasteiger partial charge in [0.05, 0.1) is 17.6 Å². The van der Waals surface area contributed by atoms with Crippen LogP contribution in [0.5, 0.6) is 0 Å². The number of piperidine rings is 1. The minimum Gasteiger partial charge on any atom is -0.386 e. The van der Waals surface area contributed by atoms with Crippen molar-refractivity contribution in [1.29, 1.82) is 0 Å². The lowest BCUT2D eigenvalue weighted by atomic mass is 10.0. The second-order valence-electron chi connectivity index (χ2n) is 10.5. The van der Waals surface area contributed by atoms with Gasteiger partial charge in [-0.3, -0.25) is 0 Å². The standard InChI is InChI=1S/C31H44FN5/c1-4-5-7-19-37-30-22-27(21-26-10-13-28(32)14-11-26)12-15-29(30)35-31(37)23-34-25(3)24(2)33-16-20-36-17-8-6-9-18-36/h10-15,22,25,33-34H,2,4-9,16-21,23H2,1,3H3/t25-/m0/s1. The lowest BCUT2D eigenvalue weighted by Crippen LogP contribution is -2.39. The van der Waals surface area contributed by atoms with Gasteiger partial charge in [0.15, 0.2) is 0 Å². The molecule has 200 valence electrons. The molecule has 4 rings (SSSR count). The summed E-state index contributed by atoms with van der Waals surface area (Å²) < 4.78 is 15.7. The summed E-state index contributed by atoms with van der Waals surface area (Å²) in [6.45, 7) is 14.8. The predicted molar refractivity (Wildman–Crippen MR) is 152 cm³/mol. The minimum atomic E-state index is -0.195. The van der Waals surface area contributed by atoms with E-state index >= 15 is 0 Å². The Labute approximate surface area is 222 Å². The number of imidazole rings is 1. The van der Waals surface area contributed by atoms with Crippen molar-refractivity contribution in [3.8, 4) is 0 Å². The molecule has 37 heavy (non-hydrogen) atoms. The molecule has 0 spiro atoms. The van der Waals surface area contributed by atoms with Gasteiger partial charge in [0.25, 0.3) is 0 Å². The van der Waals surface area contributed by atoms with Crippen molar-refractivity contribution < 1.29 is 4.39 Å². The molecule has 2 N–H and O–H groups in total. The molecule has 2 heterocycles. The van der Waals surface area contributed by atoms with E-state index in [1.165, 1.54) is 68.4 Å². The van der Waals surface area contributed by atoms with Gasteiger partial charge in [-0.15, -0.1) is 0 Å². The Bertz CT molecular complexity index is 1130. The molecular weight excluding hydrogens is 461 g/mol. The highest BCUT2D eigenvalue weighted by atomic mass is 19.1. The van der Waals surface area contributed by atoms with Crippen LogP contribution in [0.3, 0.4) is 0 Å². The summed E-state index contributed by atoms with van der Waals surface area (Å²) in [5.41, 5.74) is 5.57. The first-order valence-corrected chi connectivity index (χ1v) is 14.1. The number of fused-ring (bicyclic) bond motifs is 1. The number of rotatable bonds is 14. The van der Waals surface area contributed by atoms with Crippen LogP contribution in [0.25, 0.3) is 11.0 Å². The number of aromatic nitrogens is 2. The SMILES string of the molecule is C=C(NCCN1CCCCC1)[C@H](C)NCc1nc2ccc(Cc3ccc(F)cc3)cc2n1CCCCC. The molecule has 1 aliphatic rings. The molecule has 1 aromatic heterocycles. The zero-order valence-electron chi connectivity index (χ0n) is 22.7. The van der Waals surface area contributed by atoms with Gasteiger partial charge < -0.3 is 20.1 Å². The van der Waals surface area contributed by atoms with Crippen molar-refractivity contribution in [2.75, 3.05) is 26.2 Å². The third-order valence-corrected chi connectivity index (χ3v) is 7.52. The van der Waals surface area contributed by atoms with Gasteiger partial charge in [-0.25, -0.2) is 9.37 Å². The molecule has 0 aliphatic carbocycles. The van der Waals surface area contributed by atoms with Gasteiger partial charge in [-0.1, -0.05) is 51.0 Å². The van der Waals surface area contributed by atoms with Crippen LogP contribution in [0.1, 0.15) is 69.3 Å². The van der Waals surface area contributed by atoms with Crippen molar-refractivity contribution >= 4 is 11.0 Å². The average molecular weight is 506 g/mol. The third-order valence-electron chi connectivity index (χ3n) is 7.52. The van der Waals surface area contributed by atoms with Crippen LogP contribution in [-0.2, 0) is 19.5 Å². The zero-order chi connectivity index (χ0) is 26.0. The predicted octanol–water partition coefficient (Wildman–Crippen LogP) is 6.02. The monoisotopic (exact) mass is 505 g/mol. The Morgan fingerprint density at radius 3 is 2.54 bits per heavy atom. The Kier molecular flexibility index (Phi) is 10.1. The van der Waals surface area contributed by atoms with Crippen molar-refractivity contribution in [3.05, 3.63) is 77.5 Å². The third kappa shape index (κ3) is 7.89. The van der Waals surface area contributed by atoms with E-state index in [4.69, 9.17) is 4.98 Å². The Balaban J connectivity index is 1.39. The summed E-state index contributed by atoms with van der Waals surface area (Å²) >= 11 is 0. The van der Waals surface area contributed by atoms with E-state index in [9.17, 15) is 4.39 Å². The van der Waals surface area contributed by atoms with Crippen LogP contribution in [-0.4, -0.2) is 46.7 Å². The van der Waals surface area contributed by atoms with Gasteiger partial charge in [-0.05, 0) is 81.1 Å². The summed E-state index contributed by atoms with van der Waals surface area (Å²) in [5, 5.41) is 7.18. The van der Waals surface area contributed by atoms with E-state index in [0.717, 1.165) is 55.1 Å². The maximum Gasteiger partial charge on any atom is 0.123 e. The first kappa shape index (κ1) is 27.3. The molecule has 0 unspecified atom stereocenters. The first-order valence-electron chi connectivity index (χ1n) is 14.1. The summed E-state index contributed by atoms with van der Waals surface area (Å²) in [6, 6.07) is 13.5. The topological polar surface area (TPSA) is 45.1 Å². The number of nitrogens with one attached hydrogen (secondary N) is 2. The molecule has 0 bridgehead atoms. The Hall–Kier alpha value is -2.70. The van der Waals surface area contributed by atoms with E-state index in [1.807, 2.05) is 12.1 Å². The molecule has 0 radical (unpaired) electrons. The summed E-state index contributed by atoms with van der Waals surface area (Å²) in [5.74, 6) is 0.873. The van der Waals surface area contributed by atoms with E-state index in [2.05, 4.69) is 58.7 Å². The van der Waals surface area contributed by atoms with E-state index < -0.39 is 0 Å². The number of hydrogen-bond acceptors (Lipinski definition) is 4. The van der Waals surface area contributed by atoms with Gasteiger partial charge in [-0.2, -0.15) is 0 Å². The lowest BCUT2D eigenvalue weighted by molar-refractivity contribution is 0.230. The normalized spacial score (nSPS) is 15.2. The second kappa shape index (κ2) is 13.7. The highest BCUT2D eigenvalue weighted by Gasteiger charge is 2.14. The second-order valence-corrected chi connectivity index (χ2v) is 10.5. The molecule has 0 amide bonds. The number of hydrogen-bond donors (Lipinski definition) is 2. The van der Waals surface area contributed by atoms with Gasteiger partial charge in [0.1, 0.15) is 11.6 Å². The molecule has 1 atom stereocenters. The Morgan fingerprint density at radius 1 is 1.03 bits per heavy atom. The number of nitrogens with zero attached hydrogens (tertiary/aromatic N) is 3. The van der Waals surface area contributed by atoms with Crippen molar-refractivity contribution in [1.82, 2.24) is 25.1 Å². The summed E-state index contributed by atoms with van der Waals surface area (Å²) in [6.07, 6.45) is 8.33. The van der Waals surface area contributed by atoms with Gasteiger partial charge >= 0.3 is 0 Å².